The number of hydrogen-bond donors (Lipinski definition) is 1. The molecule has 0 saturated carbocycles. The molecule has 13 heteroatoms. The predicted octanol–water partition coefficient (Wildman–Crippen LogP) is 6.10. The Labute approximate surface area is 202 Å². The van der Waals surface area contributed by atoms with Gasteiger partial charge in [0.2, 0.25) is 5.88 Å². The molecule has 180 valence electrons. The summed E-state index contributed by atoms with van der Waals surface area (Å²) in [5.74, 6) is -0.983. The van der Waals surface area contributed by atoms with Crippen LogP contribution in [0.25, 0.3) is 0 Å². The first-order valence-corrected chi connectivity index (χ1v) is 11.5. The van der Waals surface area contributed by atoms with Gasteiger partial charge in [0.1, 0.15) is 17.0 Å². The highest BCUT2D eigenvalue weighted by molar-refractivity contribution is 7.92. The van der Waals surface area contributed by atoms with Crippen LogP contribution in [0.4, 0.5) is 18.9 Å². The Balaban J connectivity index is 2.05. The minimum atomic E-state index is -4.87. The number of hydrogen-bond acceptors (Lipinski definition) is 6. The number of methoxy groups -OCH3 is 1. The summed E-state index contributed by atoms with van der Waals surface area (Å²) in [4.78, 5) is 15.4. The number of para-hydroxylation sites is 1. The Bertz CT molecular complexity index is 1370. The molecule has 0 saturated heterocycles. The van der Waals surface area contributed by atoms with Crippen molar-refractivity contribution in [1.29, 1.82) is 0 Å². The van der Waals surface area contributed by atoms with Crippen molar-refractivity contribution in [3.05, 3.63) is 75.4 Å². The third-order valence-corrected chi connectivity index (χ3v) is 6.33. The predicted molar refractivity (Wildman–Crippen MR) is 119 cm³/mol. The third-order valence-electron chi connectivity index (χ3n) is 4.43. The van der Waals surface area contributed by atoms with Crippen LogP contribution in [0.2, 0.25) is 10.0 Å². The fourth-order valence-electron chi connectivity index (χ4n) is 2.83. The van der Waals surface area contributed by atoms with Crippen molar-refractivity contribution in [2.75, 3.05) is 11.8 Å². The van der Waals surface area contributed by atoms with Gasteiger partial charge < -0.3 is 9.47 Å². The van der Waals surface area contributed by atoms with E-state index in [2.05, 4.69) is 9.71 Å². The number of anilines is 1. The molecule has 2 aromatic carbocycles. The molecule has 0 bridgehead atoms. The summed E-state index contributed by atoms with van der Waals surface area (Å²) in [7, 11) is -3.39. The van der Waals surface area contributed by atoms with Crippen LogP contribution in [0.1, 0.15) is 21.5 Å². The van der Waals surface area contributed by atoms with Gasteiger partial charge in [-0.1, -0.05) is 35.3 Å². The summed E-state index contributed by atoms with van der Waals surface area (Å²) in [6.07, 6.45) is -3.71. The van der Waals surface area contributed by atoms with Gasteiger partial charge >= 0.3 is 12.1 Å². The number of halogens is 5. The van der Waals surface area contributed by atoms with Crippen molar-refractivity contribution >= 4 is 44.9 Å². The van der Waals surface area contributed by atoms with E-state index in [-0.39, 0.29) is 27.9 Å². The monoisotopic (exact) mass is 534 g/mol. The van der Waals surface area contributed by atoms with Gasteiger partial charge in [0, 0.05) is 6.20 Å². The lowest BCUT2D eigenvalue weighted by Gasteiger charge is -2.16. The van der Waals surface area contributed by atoms with Gasteiger partial charge in [-0.3, -0.25) is 4.72 Å². The standard InChI is InChI=1S/C21H15Cl2F3N2O5S/c1-11-4-3-5-14(20(29)32-2)18(11)33-19-17(8-12(22)10-27-19)28-34(30,31)13-6-7-16(23)15(9-13)21(24,25)26/h3-10,28H,1-2H3. The average Bonchev–Trinajstić information content (AvgIpc) is 2.75. The number of aryl methyl sites for hydroxylation is 1. The summed E-state index contributed by atoms with van der Waals surface area (Å²) in [6, 6.07) is 7.94. The average molecular weight is 535 g/mol. The van der Waals surface area contributed by atoms with E-state index >= 15 is 0 Å². The fourth-order valence-corrected chi connectivity index (χ4v) is 4.29. The van der Waals surface area contributed by atoms with Crippen molar-refractivity contribution in [3.8, 4) is 11.6 Å². The molecule has 0 aliphatic heterocycles. The van der Waals surface area contributed by atoms with Gasteiger partial charge in [0.15, 0.2) is 0 Å². The highest BCUT2D eigenvalue weighted by atomic mass is 35.5. The summed E-state index contributed by atoms with van der Waals surface area (Å²) < 4.78 is 77.9. The van der Waals surface area contributed by atoms with Gasteiger partial charge in [-0.05, 0) is 42.8 Å². The Kier molecular flexibility index (Phi) is 7.29. The molecule has 0 spiro atoms. The lowest BCUT2D eigenvalue weighted by molar-refractivity contribution is -0.137. The van der Waals surface area contributed by atoms with E-state index in [0.29, 0.717) is 11.6 Å². The van der Waals surface area contributed by atoms with Gasteiger partial charge in [-0.2, -0.15) is 13.2 Å². The number of carbonyl (C=O) groups excluding carboxylic acids is 1. The van der Waals surface area contributed by atoms with Crippen molar-refractivity contribution in [2.24, 2.45) is 0 Å². The second-order valence-electron chi connectivity index (χ2n) is 6.80. The number of nitrogens with zero attached hydrogens (tertiary/aromatic N) is 1. The number of alkyl halides is 3. The molecular weight excluding hydrogens is 520 g/mol. The molecule has 0 atom stereocenters. The first kappa shape index (κ1) is 25.6. The quantitative estimate of drug-likeness (QED) is 0.384. The van der Waals surface area contributed by atoms with E-state index in [0.717, 1.165) is 24.4 Å². The number of pyridine rings is 1. The third kappa shape index (κ3) is 5.54. The Morgan fingerprint density at radius 3 is 2.47 bits per heavy atom. The number of sulfonamides is 1. The van der Waals surface area contributed by atoms with Gasteiger partial charge in [0.05, 0.1) is 27.6 Å². The summed E-state index contributed by atoms with van der Waals surface area (Å²) in [6.45, 7) is 1.63. The molecule has 0 unspecified atom stereocenters. The zero-order chi connectivity index (χ0) is 25.3. The normalized spacial score (nSPS) is 11.7. The number of aromatic nitrogens is 1. The molecule has 3 aromatic rings. The van der Waals surface area contributed by atoms with Gasteiger partial charge in [-0.25, -0.2) is 18.2 Å². The maximum absolute atomic E-state index is 13.2. The molecule has 0 amide bonds. The molecule has 0 aliphatic carbocycles. The van der Waals surface area contributed by atoms with Gasteiger partial charge in [-0.15, -0.1) is 0 Å². The largest absolute Gasteiger partial charge is 0.465 e. The van der Waals surface area contributed by atoms with Crippen LogP contribution in [0.5, 0.6) is 11.6 Å². The molecule has 0 aliphatic rings. The van der Waals surface area contributed by atoms with Crippen LogP contribution in [-0.2, 0) is 20.9 Å². The van der Waals surface area contributed by atoms with Crippen molar-refractivity contribution in [2.45, 2.75) is 18.0 Å². The number of carbonyl (C=O) groups is 1. The number of esters is 1. The Morgan fingerprint density at radius 2 is 1.82 bits per heavy atom. The minimum absolute atomic E-state index is 0.00936. The summed E-state index contributed by atoms with van der Waals surface area (Å²) >= 11 is 11.5. The van der Waals surface area contributed by atoms with Crippen molar-refractivity contribution < 1.29 is 35.9 Å². The van der Waals surface area contributed by atoms with E-state index in [1.54, 1.807) is 19.1 Å². The molecule has 3 rings (SSSR count). The number of rotatable bonds is 6. The summed E-state index contributed by atoms with van der Waals surface area (Å²) in [5, 5.41) is -0.648. The Hall–Kier alpha value is -3.02. The molecule has 1 N–H and O–H groups in total. The summed E-state index contributed by atoms with van der Waals surface area (Å²) in [5.41, 5.74) is -1.06. The first-order chi connectivity index (χ1) is 15.8. The maximum atomic E-state index is 13.2. The lowest BCUT2D eigenvalue weighted by Crippen LogP contribution is -2.16. The molecule has 34 heavy (non-hydrogen) atoms. The fraction of sp³-hybridized carbons (Fsp3) is 0.143. The van der Waals surface area contributed by atoms with Crippen molar-refractivity contribution in [1.82, 2.24) is 4.98 Å². The molecule has 0 fully saturated rings. The highest BCUT2D eigenvalue weighted by Gasteiger charge is 2.34. The second kappa shape index (κ2) is 9.69. The van der Waals surface area contributed by atoms with Gasteiger partial charge in [0.25, 0.3) is 10.0 Å². The zero-order valence-corrected chi connectivity index (χ0v) is 19.7. The number of benzene rings is 2. The zero-order valence-electron chi connectivity index (χ0n) is 17.4. The van der Waals surface area contributed by atoms with E-state index in [1.165, 1.54) is 13.2 Å². The smallest absolute Gasteiger partial charge is 0.417 e. The van der Waals surface area contributed by atoms with Crippen LogP contribution >= 0.6 is 23.2 Å². The number of nitrogens with one attached hydrogen (secondary N) is 1. The molecule has 7 nitrogen and oxygen atoms in total. The second-order valence-corrected chi connectivity index (χ2v) is 9.32. The van der Waals surface area contributed by atoms with Crippen molar-refractivity contribution in [3.63, 3.8) is 0 Å². The van der Waals surface area contributed by atoms with E-state index in [4.69, 9.17) is 32.7 Å². The van der Waals surface area contributed by atoms with Crippen LogP contribution < -0.4 is 9.46 Å². The maximum Gasteiger partial charge on any atom is 0.417 e. The number of ether oxygens (including phenoxy) is 2. The van der Waals surface area contributed by atoms with Crippen LogP contribution in [0, 0.1) is 6.92 Å². The van der Waals surface area contributed by atoms with E-state index in [9.17, 15) is 26.4 Å². The van der Waals surface area contributed by atoms with E-state index in [1.807, 2.05) is 0 Å². The van der Waals surface area contributed by atoms with Crippen LogP contribution in [0.15, 0.2) is 53.6 Å². The molecule has 1 heterocycles. The first-order valence-electron chi connectivity index (χ1n) is 9.24. The molecule has 0 radical (unpaired) electrons. The minimum Gasteiger partial charge on any atom is -0.465 e. The topological polar surface area (TPSA) is 94.6 Å². The Morgan fingerprint density at radius 1 is 1.12 bits per heavy atom. The van der Waals surface area contributed by atoms with E-state index < -0.39 is 37.7 Å². The molecular formula is C21H15Cl2F3N2O5S. The van der Waals surface area contributed by atoms with Crippen LogP contribution in [0.3, 0.4) is 0 Å². The molecule has 1 aromatic heterocycles. The highest BCUT2D eigenvalue weighted by Crippen LogP contribution is 2.38. The van der Waals surface area contributed by atoms with Crippen LogP contribution in [-0.4, -0.2) is 26.5 Å². The lowest BCUT2D eigenvalue weighted by atomic mass is 10.1. The SMILES string of the molecule is COC(=O)c1cccc(C)c1Oc1ncc(Cl)cc1NS(=O)(=O)c1ccc(Cl)c(C(F)(F)F)c1.